The Morgan fingerprint density at radius 2 is 1.93 bits per heavy atom. The minimum absolute atomic E-state index is 0.463. The number of anilines is 1. The Kier molecular flexibility index (Phi) is 4.38. The summed E-state index contributed by atoms with van der Waals surface area (Å²) in [4.78, 5) is 0.972. The molecule has 0 aliphatic heterocycles. The van der Waals surface area contributed by atoms with Crippen LogP contribution in [0.1, 0.15) is 0 Å². The molecule has 1 aromatic carbocycles. The highest BCUT2D eigenvalue weighted by molar-refractivity contribution is 7.90. The van der Waals surface area contributed by atoms with Gasteiger partial charge >= 0.3 is 10.2 Å². The zero-order valence-electron chi connectivity index (χ0n) is 14.6. The highest BCUT2D eigenvalue weighted by Gasteiger charge is 2.14. The molecule has 138 valence electrons. The summed E-state index contributed by atoms with van der Waals surface area (Å²) < 4.78 is 29.4. The predicted molar refractivity (Wildman–Crippen MR) is 106 cm³/mol. The Labute approximate surface area is 160 Å². The van der Waals surface area contributed by atoms with Crippen molar-refractivity contribution in [3.05, 3.63) is 53.9 Å². The minimum atomic E-state index is -3.57. The van der Waals surface area contributed by atoms with E-state index in [1.54, 1.807) is 34.1 Å². The molecular formula is C17H16N6O2S2. The summed E-state index contributed by atoms with van der Waals surface area (Å²) in [5.41, 5.74) is 2.57. The molecule has 1 N–H and O–H groups in total. The Hall–Kier alpha value is -2.82. The van der Waals surface area contributed by atoms with Gasteiger partial charge in [-0.15, -0.1) is 21.5 Å². The maximum absolute atomic E-state index is 12.0. The van der Waals surface area contributed by atoms with Gasteiger partial charge in [0.2, 0.25) is 0 Å². The first kappa shape index (κ1) is 17.6. The molecule has 0 fully saturated rings. The Morgan fingerprint density at radius 3 is 2.67 bits per heavy atom. The van der Waals surface area contributed by atoms with Gasteiger partial charge in [0.25, 0.3) is 0 Å². The average molecular weight is 400 g/mol. The van der Waals surface area contributed by atoms with E-state index in [-0.39, 0.29) is 0 Å². The molecule has 0 aliphatic rings. The van der Waals surface area contributed by atoms with Crippen molar-refractivity contribution in [3.8, 4) is 22.0 Å². The summed E-state index contributed by atoms with van der Waals surface area (Å²) in [6.45, 7) is 0. The molecule has 0 amide bonds. The summed E-state index contributed by atoms with van der Waals surface area (Å²) in [5, 5.41) is 15.0. The van der Waals surface area contributed by atoms with Crippen molar-refractivity contribution in [1.29, 1.82) is 0 Å². The predicted octanol–water partition coefficient (Wildman–Crippen LogP) is 2.74. The fraction of sp³-hybridized carbons (Fsp3) is 0.118. The van der Waals surface area contributed by atoms with Crippen LogP contribution in [-0.4, -0.2) is 46.6 Å². The van der Waals surface area contributed by atoms with Gasteiger partial charge in [0.05, 0.1) is 16.3 Å². The van der Waals surface area contributed by atoms with Crippen molar-refractivity contribution in [2.24, 2.45) is 0 Å². The van der Waals surface area contributed by atoms with E-state index < -0.39 is 10.2 Å². The molecule has 0 radical (unpaired) electrons. The lowest BCUT2D eigenvalue weighted by Gasteiger charge is -2.14. The molecule has 0 bridgehead atoms. The quantitative estimate of drug-likeness (QED) is 0.556. The zero-order chi connectivity index (χ0) is 19.0. The van der Waals surface area contributed by atoms with Crippen LogP contribution in [0.25, 0.3) is 27.6 Å². The van der Waals surface area contributed by atoms with E-state index in [1.807, 2.05) is 35.7 Å². The van der Waals surface area contributed by atoms with Gasteiger partial charge in [-0.05, 0) is 35.7 Å². The molecule has 8 nitrogen and oxygen atoms in total. The van der Waals surface area contributed by atoms with Gasteiger partial charge in [-0.25, -0.2) is 0 Å². The first-order valence-corrected chi connectivity index (χ1v) is 10.3. The molecule has 0 unspecified atom stereocenters. The van der Waals surface area contributed by atoms with E-state index in [4.69, 9.17) is 0 Å². The van der Waals surface area contributed by atoms with Crippen LogP contribution >= 0.6 is 11.3 Å². The molecule has 3 aromatic heterocycles. The monoisotopic (exact) mass is 400 g/mol. The van der Waals surface area contributed by atoms with Crippen LogP contribution in [0.5, 0.6) is 0 Å². The summed E-state index contributed by atoms with van der Waals surface area (Å²) in [5.74, 6) is 0.673. The lowest BCUT2D eigenvalue weighted by molar-refractivity contribution is 0.527. The Bertz CT molecular complexity index is 1200. The number of hydrogen-bond acceptors (Lipinski definition) is 6. The molecule has 0 aliphatic carbocycles. The van der Waals surface area contributed by atoms with Crippen LogP contribution in [0.2, 0.25) is 0 Å². The molecule has 0 spiro atoms. The van der Waals surface area contributed by atoms with Crippen LogP contribution < -0.4 is 4.72 Å². The zero-order valence-corrected chi connectivity index (χ0v) is 16.2. The molecule has 0 saturated carbocycles. The van der Waals surface area contributed by atoms with Gasteiger partial charge in [0.15, 0.2) is 11.5 Å². The van der Waals surface area contributed by atoms with Gasteiger partial charge < -0.3 is 0 Å². The summed E-state index contributed by atoms with van der Waals surface area (Å²) in [6.07, 6.45) is 0. The number of aromatic nitrogens is 4. The topological polar surface area (TPSA) is 92.5 Å². The SMILES string of the molecule is CN(C)S(=O)(=O)Nc1cccc(-c2ccc3nnc(-c4cccs4)n3n2)c1. The third kappa shape index (κ3) is 3.42. The van der Waals surface area contributed by atoms with Crippen LogP contribution in [0.4, 0.5) is 5.69 Å². The number of thiophene rings is 1. The Balaban J connectivity index is 1.75. The molecule has 27 heavy (non-hydrogen) atoms. The largest absolute Gasteiger partial charge is 0.301 e. The van der Waals surface area contributed by atoms with E-state index in [2.05, 4.69) is 20.0 Å². The third-order valence-corrected chi connectivity index (χ3v) is 6.21. The maximum atomic E-state index is 12.0. The molecule has 10 heteroatoms. The van der Waals surface area contributed by atoms with Gasteiger partial charge in [-0.3, -0.25) is 4.72 Å². The maximum Gasteiger partial charge on any atom is 0.301 e. The smallest absolute Gasteiger partial charge is 0.271 e. The van der Waals surface area contributed by atoms with Crippen LogP contribution in [0.3, 0.4) is 0 Å². The van der Waals surface area contributed by atoms with Crippen molar-refractivity contribution < 1.29 is 8.42 Å². The number of nitrogens with zero attached hydrogens (tertiary/aromatic N) is 5. The summed E-state index contributed by atoms with van der Waals surface area (Å²) in [6, 6.07) is 14.7. The fourth-order valence-corrected chi connectivity index (χ4v) is 3.79. The van der Waals surface area contributed by atoms with Crippen molar-refractivity contribution >= 4 is 32.9 Å². The lowest BCUT2D eigenvalue weighted by Crippen LogP contribution is -2.28. The van der Waals surface area contributed by atoms with E-state index in [9.17, 15) is 8.42 Å². The van der Waals surface area contributed by atoms with E-state index in [1.165, 1.54) is 14.1 Å². The Morgan fingerprint density at radius 1 is 1.07 bits per heavy atom. The molecular weight excluding hydrogens is 384 g/mol. The van der Waals surface area contributed by atoms with Crippen molar-refractivity contribution in [1.82, 2.24) is 24.1 Å². The number of rotatable bonds is 5. The average Bonchev–Trinajstić information content (AvgIpc) is 3.30. The van der Waals surface area contributed by atoms with Gasteiger partial charge in [0, 0.05) is 19.7 Å². The van der Waals surface area contributed by atoms with Crippen molar-refractivity contribution in [2.75, 3.05) is 18.8 Å². The van der Waals surface area contributed by atoms with Crippen molar-refractivity contribution in [2.45, 2.75) is 0 Å². The minimum Gasteiger partial charge on any atom is -0.271 e. The van der Waals surface area contributed by atoms with E-state index in [0.29, 0.717) is 22.9 Å². The molecule has 0 atom stereocenters. The van der Waals surface area contributed by atoms with Crippen molar-refractivity contribution in [3.63, 3.8) is 0 Å². The first-order chi connectivity index (χ1) is 12.9. The van der Waals surface area contributed by atoms with E-state index in [0.717, 1.165) is 14.7 Å². The van der Waals surface area contributed by atoms with Gasteiger partial charge in [-0.2, -0.15) is 22.3 Å². The normalized spacial score (nSPS) is 12.0. The highest BCUT2D eigenvalue weighted by atomic mass is 32.2. The van der Waals surface area contributed by atoms with Crippen LogP contribution in [0.15, 0.2) is 53.9 Å². The summed E-state index contributed by atoms with van der Waals surface area (Å²) in [7, 11) is -0.629. The number of benzene rings is 1. The second-order valence-corrected chi connectivity index (χ2v) is 8.79. The number of hydrogen-bond donors (Lipinski definition) is 1. The number of fused-ring (bicyclic) bond motifs is 1. The second-order valence-electron chi connectivity index (χ2n) is 5.96. The van der Waals surface area contributed by atoms with E-state index >= 15 is 0 Å². The van der Waals surface area contributed by atoms with Gasteiger partial charge in [-0.1, -0.05) is 18.2 Å². The first-order valence-electron chi connectivity index (χ1n) is 8.01. The van der Waals surface area contributed by atoms with Crippen LogP contribution in [0, 0.1) is 0 Å². The molecule has 4 aromatic rings. The van der Waals surface area contributed by atoms with Gasteiger partial charge in [0.1, 0.15) is 0 Å². The molecule has 3 heterocycles. The standard InChI is InChI=1S/C17H16N6O2S2/c1-22(2)27(24,25)21-13-6-3-5-12(11-13)14-8-9-16-18-19-17(23(16)20-14)15-7-4-10-26-15/h3-11,21H,1-2H3. The lowest BCUT2D eigenvalue weighted by atomic mass is 10.1. The molecule has 0 saturated heterocycles. The molecule has 4 rings (SSSR count). The fourth-order valence-electron chi connectivity index (χ4n) is 2.48. The second kappa shape index (κ2) is 6.72. The number of nitrogens with one attached hydrogen (secondary N) is 1. The third-order valence-electron chi connectivity index (χ3n) is 3.89. The van der Waals surface area contributed by atoms with Crippen LogP contribution in [-0.2, 0) is 10.2 Å². The summed E-state index contributed by atoms with van der Waals surface area (Å²) >= 11 is 1.56. The highest BCUT2D eigenvalue weighted by Crippen LogP contribution is 2.25.